The van der Waals surface area contributed by atoms with Crippen LogP contribution in [0.3, 0.4) is 0 Å². The zero-order valence-electron chi connectivity index (χ0n) is 11.9. The van der Waals surface area contributed by atoms with Crippen molar-refractivity contribution < 1.29 is 13.2 Å². The number of nitrogens with one attached hydrogen (secondary N) is 3. The third kappa shape index (κ3) is 3.32. The van der Waals surface area contributed by atoms with Gasteiger partial charge in [-0.05, 0) is 29.8 Å². The summed E-state index contributed by atoms with van der Waals surface area (Å²) in [6.07, 6.45) is -3.52. The van der Waals surface area contributed by atoms with Crippen LogP contribution < -0.4 is 16.4 Å². The summed E-state index contributed by atoms with van der Waals surface area (Å²) in [5.41, 5.74) is 8.11. The minimum Gasteiger partial charge on any atom is -0.237 e. The molecule has 10 heteroatoms. The normalized spacial score (nSPS) is 20.8. The van der Waals surface area contributed by atoms with E-state index in [4.69, 9.17) is 16.9 Å². The van der Waals surface area contributed by atoms with Crippen LogP contribution >= 0.6 is 11.6 Å². The molecule has 3 N–H and O–H groups in total. The Balaban J connectivity index is 2.02. The maximum absolute atomic E-state index is 12.8. The molecule has 1 aromatic carbocycles. The molecule has 1 aliphatic heterocycles. The van der Waals surface area contributed by atoms with E-state index < -0.39 is 24.0 Å². The molecular formula is C14H10ClF3N6. The quantitative estimate of drug-likeness (QED) is 0.767. The maximum atomic E-state index is 12.8. The molecule has 0 radical (unpaired) electrons. The van der Waals surface area contributed by atoms with Crippen LogP contribution in [-0.4, -0.2) is 16.0 Å². The van der Waals surface area contributed by atoms with Gasteiger partial charge in [-0.25, -0.2) is 20.8 Å². The number of hydrogen-bond acceptors (Lipinski definition) is 6. The van der Waals surface area contributed by atoms with Gasteiger partial charge in [0.25, 0.3) is 0 Å². The Morgan fingerprint density at radius 2 is 2.00 bits per heavy atom. The van der Waals surface area contributed by atoms with Crippen LogP contribution in [0.5, 0.6) is 0 Å². The number of alkyl halides is 3. The first kappa shape index (κ1) is 16.6. The van der Waals surface area contributed by atoms with Gasteiger partial charge in [0.2, 0.25) is 0 Å². The predicted molar refractivity (Wildman–Crippen MR) is 79.0 cm³/mol. The van der Waals surface area contributed by atoms with Gasteiger partial charge in [0.05, 0.1) is 12.1 Å². The Morgan fingerprint density at radius 3 is 2.71 bits per heavy atom. The Hall–Kier alpha value is -2.25. The Labute approximate surface area is 139 Å². The average Bonchev–Trinajstić information content (AvgIpc) is 3.02. The van der Waals surface area contributed by atoms with Crippen LogP contribution in [0.4, 0.5) is 13.2 Å². The molecule has 2 unspecified atom stereocenters. The molecular weight excluding hydrogens is 345 g/mol. The Kier molecular flexibility index (Phi) is 4.38. The summed E-state index contributed by atoms with van der Waals surface area (Å²) in [4.78, 5) is 7.44. The molecule has 2 aromatic rings. The van der Waals surface area contributed by atoms with Crippen molar-refractivity contribution in [2.75, 3.05) is 0 Å². The standard InChI is InChI=1S/C14H10ClF3N6/c15-9-4-7(12-10(6-19)22-24-23-12)3-8(5-9)13-20-2-1-11(21-13)14(16,17)18/h1-5,10,12,22-24H. The van der Waals surface area contributed by atoms with Crippen molar-refractivity contribution in [1.82, 2.24) is 26.4 Å². The van der Waals surface area contributed by atoms with E-state index in [0.717, 1.165) is 12.3 Å². The van der Waals surface area contributed by atoms with Crippen molar-refractivity contribution in [2.45, 2.75) is 18.3 Å². The summed E-state index contributed by atoms with van der Waals surface area (Å²) >= 11 is 6.07. The highest BCUT2D eigenvalue weighted by molar-refractivity contribution is 6.30. The lowest BCUT2D eigenvalue weighted by Crippen LogP contribution is -2.32. The molecule has 0 aliphatic carbocycles. The summed E-state index contributed by atoms with van der Waals surface area (Å²) in [7, 11) is 0. The third-order valence-electron chi connectivity index (χ3n) is 3.41. The van der Waals surface area contributed by atoms with Crippen molar-refractivity contribution in [3.63, 3.8) is 0 Å². The average molecular weight is 355 g/mol. The van der Waals surface area contributed by atoms with Crippen molar-refractivity contribution in [3.8, 4) is 17.5 Å². The van der Waals surface area contributed by atoms with E-state index in [1.54, 1.807) is 12.1 Å². The highest BCUT2D eigenvalue weighted by Gasteiger charge is 2.33. The van der Waals surface area contributed by atoms with Crippen LogP contribution in [0.2, 0.25) is 5.02 Å². The fraction of sp³-hybridized carbons (Fsp3) is 0.214. The first-order valence-corrected chi connectivity index (χ1v) is 7.13. The van der Waals surface area contributed by atoms with Crippen LogP contribution in [0.1, 0.15) is 17.3 Å². The van der Waals surface area contributed by atoms with Crippen LogP contribution in [-0.2, 0) is 6.18 Å². The summed E-state index contributed by atoms with van der Waals surface area (Å²) in [5.74, 6) is -0.0963. The molecule has 1 aromatic heterocycles. The number of rotatable bonds is 2. The molecule has 1 fully saturated rings. The highest BCUT2D eigenvalue weighted by atomic mass is 35.5. The molecule has 1 saturated heterocycles. The second-order valence-corrected chi connectivity index (χ2v) is 5.47. The smallest absolute Gasteiger partial charge is 0.237 e. The van der Waals surface area contributed by atoms with E-state index in [1.807, 2.05) is 0 Å². The van der Waals surface area contributed by atoms with E-state index in [9.17, 15) is 13.2 Å². The summed E-state index contributed by atoms with van der Waals surface area (Å²) < 4.78 is 38.4. The lowest BCUT2D eigenvalue weighted by atomic mass is 9.99. The molecule has 6 nitrogen and oxygen atoms in total. The highest BCUT2D eigenvalue weighted by Crippen LogP contribution is 2.31. The zero-order valence-corrected chi connectivity index (χ0v) is 12.7. The third-order valence-corrected chi connectivity index (χ3v) is 3.63. The molecule has 0 saturated carbocycles. The monoisotopic (exact) mass is 354 g/mol. The number of nitrogens with zero attached hydrogens (tertiary/aromatic N) is 3. The molecule has 1 aliphatic rings. The number of hydrogen-bond donors (Lipinski definition) is 3. The fourth-order valence-electron chi connectivity index (χ4n) is 2.32. The van der Waals surface area contributed by atoms with E-state index in [2.05, 4.69) is 32.4 Å². The number of benzene rings is 1. The maximum Gasteiger partial charge on any atom is 0.433 e. The predicted octanol–water partition coefficient (Wildman–Crippen LogP) is 2.36. The van der Waals surface area contributed by atoms with Crippen LogP contribution in [0.25, 0.3) is 11.4 Å². The lowest BCUT2D eigenvalue weighted by molar-refractivity contribution is -0.141. The van der Waals surface area contributed by atoms with Crippen LogP contribution in [0, 0.1) is 11.3 Å². The minimum atomic E-state index is -4.56. The Morgan fingerprint density at radius 1 is 1.21 bits per heavy atom. The number of aromatic nitrogens is 2. The SMILES string of the molecule is N#CC1NNNC1c1cc(Cl)cc(-c2nccc(C(F)(F)F)n2)c1. The number of halogens is 4. The van der Waals surface area contributed by atoms with Crippen molar-refractivity contribution >= 4 is 11.6 Å². The summed E-state index contributed by atoms with van der Waals surface area (Å²) in [5, 5.41) is 9.40. The molecule has 0 spiro atoms. The Bertz CT molecular complexity index is 804. The first-order chi connectivity index (χ1) is 11.4. The van der Waals surface area contributed by atoms with Gasteiger partial charge in [0, 0.05) is 16.8 Å². The largest absolute Gasteiger partial charge is 0.433 e. The molecule has 2 atom stereocenters. The van der Waals surface area contributed by atoms with Gasteiger partial charge >= 0.3 is 6.18 Å². The number of hydrazine groups is 2. The number of nitriles is 1. The van der Waals surface area contributed by atoms with Crippen LogP contribution in [0.15, 0.2) is 30.5 Å². The van der Waals surface area contributed by atoms with E-state index >= 15 is 0 Å². The van der Waals surface area contributed by atoms with E-state index in [-0.39, 0.29) is 5.82 Å². The lowest BCUT2D eigenvalue weighted by Gasteiger charge is -2.14. The van der Waals surface area contributed by atoms with E-state index in [1.165, 1.54) is 6.07 Å². The van der Waals surface area contributed by atoms with Gasteiger partial charge in [-0.1, -0.05) is 11.6 Å². The first-order valence-electron chi connectivity index (χ1n) is 6.75. The second kappa shape index (κ2) is 6.33. The molecule has 124 valence electrons. The van der Waals surface area contributed by atoms with E-state index in [0.29, 0.717) is 16.1 Å². The molecule has 24 heavy (non-hydrogen) atoms. The topological polar surface area (TPSA) is 85.7 Å². The molecule has 0 bridgehead atoms. The molecule has 0 amide bonds. The van der Waals surface area contributed by atoms with Gasteiger partial charge in [-0.15, -0.1) is 0 Å². The van der Waals surface area contributed by atoms with Gasteiger partial charge in [-0.2, -0.15) is 24.0 Å². The molecule has 3 rings (SSSR count). The van der Waals surface area contributed by atoms with Gasteiger partial charge in [0.15, 0.2) is 5.82 Å². The fourth-order valence-corrected chi connectivity index (χ4v) is 2.57. The van der Waals surface area contributed by atoms with Crippen molar-refractivity contribution in [2.24, 2.45) is 0 Å². The van der Waals surface area contributed by atoms with Gasteiger partial charge < -0.3 is 0 Å². The minimum absolute atomic E-state index is 0.0963. The summed E-state index contributed by atoms with van der Waals surface area (Å²) in [6.45, 7) is 0. The van der Waals surface area contributed by atoms with Crippen molar-refractivity contribution in [3.05, 3.63) is 46.7 Å². The summed E-state index contributed by atoms with van der Waals surface area (Å²) in [6, 6.07) is 6.54. The van der Waals surface area contributed by atoms with Gasteiger partial charge in [0.1, 0.15) is 11.7 Å². The second-order valence-electron chi connectivity index (χ2n) is 5.03. The van der Waals surface area contributed by atoms with Crippen molar-refractivity contribution in [1.29, 1.82) is 5.26 Å². The zero-order chi connectivity index (χ0) is 17.3. The van der Waals surface area contributed by atoms with Gasteiger partial charge in [-0.3, -0.25) is 0 Å². The molecule has 2 heterocycles.